The number of hydrogen-bond acceptors (Lipinski definition) is 4. The fraction of sp³-hybridized carbons (Fsp3) is 0.250. The molecular formula is C16H17N3O2. The highest BCUT2D eigenvalue weighted by Gasteiger charge is 2.14. The van der Waals surface area contributed by atoms with E-state index in [-0.39, 0.29) is 0 Å². The van der Waals surface area contributed by atoms with Crippen LogP contribution in [-0.4, -0.2) is 19.9 Å². The van der Waals surface area contributed by atoms with Gasteiger partial charge in [0.1, 0.15) is 18.7 Å². The lowest BCUT2D eigenvalue weighted by Gasteiger charge is -2.16. The molecule has 1 aromatic heterocycles. The quantitative estimate of drug-likeness (QED) is 0.799. The summed E-state index contributed by atoms with van der Waals surface area (Å²) in [5.41, 5.74) is 0.774. The van der Waals surface area contributed by atoms with Crippen LogP contribution in [-0.2, 0) is 13.7 Å². The Hall–Kier alpha value is -2.40. The predicted octanol–water partition coefficient (Wildman–Crippen LogP) is 2.60. The van der Waals surface area contributed by atoms with Crippen molar-refractivity contribution in [1.82, 2.24) is 14.8 Å². The highest BCUT2D eigenvalue weighted by atomic mass is 16.5. The number of rotatable bonds is 4. The molecule has 1 atom stereocenters. The summed E-state index contributed by atoms with van der Waals surface area (Å²) >= 11 is 0. The molecule has 1 unspecified atom stereocenters. The molecular weight excluding hydrogens is 266 g/mol. The average Bonchev–Trinajstić information content (AvgIpc) is 2.89. The molecule has 0 saturated carbocycles. The Labute approximate surface area is 122 Å². The highest BCUT2D eigenvalue weighted by Crippen LogP contribution is 2.34. The van der Waals surface area contributed by atoms with Crippen molar-refractivity contribution in [2.45, 2.75) is 19.6 Å². The second-order valence-electron chi connectivity index (χ2n) is 4.97. The van der Waals surface area contributed by atoms with Crippen LogP contribution in [0.25, 0.3) is 10.8 Å². The molecule has 0 aliphatic heterocycles. The third kappa shape index (κ3) is 2.60. The second kappa shape index (κ2) is 5.54. The van der Waals surface area contributed by atoms with Crippen LogP contribution < -0.4 is 4.74 Å². The lowest BCUT2D eigenvalue weighted by molar-refractivity contribution is 0.190. The number of fused-ring (bicyclic) bond motifs is 1. The molecule has 5 nitrogen and oxygen atoms in total. The van der Waals surface area contributed by atoms with Gasteiger partial charge >= 0.3 is 0 Å². The number of benzene rings is 2. The van der Waals surface area contributed by atoms with Crippen molar-refractivity contribution < 1.29 is 9.84 Å². The zero-order valence-corrected chi connectivity index (χ0v) is 12.0. The van der Waals surface area contributed by atoms with Crippen LogP contribution in [0.4, 0.5) is 0 Å². The summed E-state index contributed by atoms with van der Waals surface area (Å²) in [4.78, 5) is 4.15. The van der Waals surface area contributed by atoms with Crippen molar-refractivity contribution >= 4 is 10.8 Å². The topological polar surface area (TPSA) is 60.2 Å². The van der Waals surface area contributed by atoms with Gasteiger partial charge in [0.05, 0.1) is 6.10 Å². The Kier molecular flexibility index (Phi) is 3.58. The first-order valence-corrected chi connectivity index (χ1v) is 6.82. The van der Waals surface area contributed by atoms with Crippen molar-refractivity contribution in [3.63, 3.8) is 0 Å². The Morgan fingerprint density at radius 1 is 1.24 bits per heavy atom. The lowest BCUT2D eigenvalue weighted by Crippen LogP contribution is -2.07. The molecule has 1 heterocycles. The fourth-order valence-corrected chi connectivity index (χ4v) is 2.34. The highest BCUT2D eigenvalue weighted by molar-refractivity contribution is 5.89. The molecule has 0 aliphatic carbocycles. The van der Waals surface area contributed by atoms with E-state index in [1.165, 1.54) is 6.33 Å². The molecule has 0 radical (unpaired) electrons. The molecule has 0 fully saturated rings. The molecule has 1 N–H and O–H groups in total. The van der Waals surface area contributed by atoms with Gasteiger partial charge in [-0.05, 0) is 12.3 Å². The third-order valence-electron chi connectivity index (χ3n) is 3.51. The summed E-state index contributed by atoms with van der Waals surface area (Å²) in [5.74, 6) is 1.44. The number of hydrogen-bond donors (Lipinski definition) is 1. The normalized spacial score (nSPS) is 12.5. The van der Waals surface area contributed by atoms with Gasteiger partial charge in [-0.3, -0.25) is 4.68 Å². The van der Waals surface area contributed by atoms with E-state index in [4.69, 9.17) is 4.74 Å². The Bertz CT molecular complexity index is 765. The van der Waals surface area contributed by atoms with E-state index in [0.29, 0.717) is 12.4 Å². The van der Waals surface area contributed by atoms with E-state index in [0.717, 1.165) is 22.2 Å². The minimum absolute atomic E-state index is 0.310. The van der Waals surface area contributed by atoms with Gasteiger partial charge in [0.2, 0.25) is 0 Å². The summed E-state index contributed by atoms with van der Waals surface area (Å²) in [6.07, 6.45) is 0.904. The molecule has 0 amide bonds. The van der Waals surface area contributed by atoms with Crippen molar-refractivity contribution in [1.29, 1.82) is 0 Å². The molecule has 0 saturated heterocycles. The smallest absolute Gasteiger partial charge is 0.164 e. The van der Waals surface area contributed by atoms with Gasteiger partial charge in [0, 0.05) is 18.0 Å². The van der Waals surface area contributed by atoms with E-state index in [1.807, 2.05) is 43.4 Å². The summed E-state index contributed by atoms with van der Waals surface area (Å²) in [6, 6.07) is 11.9. The Balaban J connectivity index is 2.02. The first kappa shape index (κ1) is 13.6. The van der Waals surface area contributed by atoms with Crippen LogP contribution >= 0.6 is 0 Å². The monoisotopic (exact) mass is 283 g/mol. The summed E-state index contributed by atoms with van der Waals surface area (Å²) < 4.78 is 7.63. The van der Waals surface area contributed by atoms with Crippen LogP contribution in [0, 0.1) is 0 Å². The van der Waals surface area contributed by atoms with Gasteiger partial charge in [0.25, 0.3) is 0 Å². The van der Waals surface area contributed by atoms with Crippen molar-refractivity contribution in [2.24, 2.45) is 7.05 Å². The molecule has 3 rings (SSSR count). The molecule has 0 aliphatic rings. The average molecular weight is 283 g/mol. The SMILES string of the molecule is CC(O)c1ccc2ccccc2c1OCc1ncnn1C. The number of aromatic nitrogens is 3. The number of aliphatic hydroxyl groups is 1. The van der Waals surface area contributed by atoms with E-state index in [1.54, 1.807) is 11.6 Å². The lowest BCUT2D eigenvalue weighted by atomic mass is 10.0. The van der Waals surface area contributed by atoms with Gasteiger partial charge in [-0.25, -0.2) is 4.98 Å². The van der Waals surface area contributed by atoms with Crippen LogP contribution in [0.15, 0.2) is 42.7 Å². The molecule has 2 aromatic carbocycles. The largest absolute Gasteiger partial charge is 0.485 e. The van der Waals surface area contributed by atoms with Gasteiger partial charge in [-0.1, -0.05) is 36.4 Å². The van der Waals surface area contributed by atoms with Crippen LogP contribution in [0.5, 0.6) is 5.75 Å². The van der Waals surface area contributed by atoms with Gasteiger partial charge in [-0.15, -0.1) is 0 Å². The number of aryl methyl sites for hydroxylation is 1. The Morgan fingerprint density at radius 2 is 2.05 bits per heavy atom. The van der Waals surface area contributed by atoms with Crippen LogP contribution in [0.3, 0.4) is 0 Å². The maximum absolute atomic E-state index is 9.96. The van der Waals surface area contributed by atoms with Crippen LogP contribution in [0.1, 0.15) is 24.4 Å². The minimum atomic E-state index is -0.593. The number of aliphatic hydroxyl groups excluding tert-OH is 1. The van der Waals surface area contributed by atoms with Gasteiger partial charge in [0.15, 0.2) is 5.82 Å². The van der Waals surface area contributed by atoms with E-state index in [9.17, 15) is 5.11 Å². The summed E-state index contributed by atoms with van der Waals surface area (Å²) in [7, 11) is 1.82. The predicted molar refractivity (Wildman–Crippen MR) is 79.9 cm³/mol. The fourth-order valence-electron chi connectivity index (χ4n) is 2.34. The van der Waals surface area contributed by atoms with E-state index < -0.39 is 6.10 Å². The molecule has 3 aromatic rings. The molecule has 108 valence electrons. The Morgan fingerprint density at radius 3 is 2.76 bits per heavy atom. The molecule has 5 heteroatoms. The van der Waals surface area contributed by atoms with Gasteiger partial charge in [-0.2, -0.15) is 5.10 Å². The first-order valence-electron chi connectivity index (χ1n) is 6.82. The maximum atomic E-state index is 9.96. The maximum Gasteiger partial charge on any atom is 0.164 e. The van der Waals surface area contributed by atoms with Crippen molar-refractivity contribution in [3.8, 4) is 5.75 Å². The molecule has 21 heavy (non-hydrogen) atoms. The van der Waals surface area contributed by atoms with E-state index >= 15 is 0 Å². The summed E-state index contributed by atoms with van der Waals surface area (Å²) in [6.45, 7) is 2.05. The molecule has 0 spiro atoms. The minimum Gasteiger partial charge on any atom is -0.485 e. The van der Waals surface area contributed by atoms with Crippen molar-refractivity contribution in [2.75, 3.05) is 0 Å². The molecule has 0 bridgehead atoms. The summed E-state index contributed by atoms with van der Waals surface area (Å²) in [5, 5.41) is 16.1. The number of nitrogens with zero attached hydrogens (tertiary/aromatic N) is 3. The van der Waals surface area contributed by atoms with Gasteiger partial charge < -0.3 is 9.84 Å². The second-order valence-corrected chi connectivity index (χ2v) is 4.97. The first-order chi connectivity index (χ1) is 10.2. The zero-order valence-electron chi connectivity index (χ0n) is 12.0. The third-order valence-corrected chi connectivity index (χ3v) is 3.51. The van der Waals surface area contributed by atoms with Crippen molar-refractivity contribution in [3.05, 3.63) is 54.1 Å². The zero-order chi connectivity index (χ0) is 14.8. The van der Waals surface area contributed by atoms with Crippen LogP contribution in [0.2, 0.25) is 0 Å². The van der Waals surface area contributed by atoms with E-state index in [2.05, 4.69) is 10.1 Å². The number of ether oxygens (including phenoxy) is 1. The standard InChI is InChI=1S/C16H17N3O2/c1-11(20)13-8-7-12-5-3-4-6-14(12)16(13)21-9-15-17-10-18-19(15)2/h3-8,10-11,20H,9H2,1-2H3.